The third-order valence-electron chi connectivity index (χ3n) is 3.17. The van der Waals surface area contributed by atoms with E-state index in [0.29, 0.717) is 32.1 Å². The van der Waals surface area contributed by atoms with Crippen LogP contribution in [0.3, 0.4) is 0 Å². The van der Waals surface area contributed by atoms with E-state index < -0.39 is 0 Å². The van der Waals surface area contributed by atoms with Crippen LogP contribution in [0.1, 0.15) is 19.5 Å². The highest BCUT2D eigenvalue weighted by Crippen LogP contribution is 2.12. The van der Waals surface area contributed by atoms with Crippen LogP contribution in [0.2, 0.25) is 0 Å². The van der Waals surface area contributed by atoms with E-state index in [1.54, 1.807) is 6.07 Å². The molecule has 1 amide bonds. The molecule has 1 aromatic heterocycles. The number of nitrogens with one attached hydrogen (secondary N) is 1. The van der Waals surface area contributed by atoms with Gasteiger partial charge in [0.1, 0.15) is 11.9 Å². The van der Waals surface area contributed by atoms with Gasteiger partial charge in [-0.3, -0.25) is 9.69 Å². The van der Waals surface area contributed by atoms with Gasteiger partial charge in [-0.05, 0) is 26.0 Å². The number of morpholine rings is 1. The van der Waals surface area contributed by atoms with Crippen LogP contribution < -0.4 is 11.1 Å². The van der Waals surface area contributed by atoms with Crippen molar-refractivity contribution in [3.8, 4) is 0 Å². The summed E-state index contributed by atoms with van der Waals surface area (Å²) < 4.78 is 5.43. The highest BCUT2D eigenvalue weighted by atomic mass is 16.5. The average Bonchev–Trinajstić information content (AvgIpc) is 2.38. The van der Waals surface area contributed by atoms with E-state index in [1.165, 1.54) is 0 Å². The third-order valence-corrected chi connectivity index (χ3v) is 3.17. The molecule has 0 bridgehead atoms. The Hall–Kier alpha value is -1.66. The molecule has 1 aromatic rings. The van der Waals surface area contributed by atoms with Gasteiger partial charge in [-0.2, -0.15) is 0 Å². The lowest BCUT2D eigenvalue weighted by Gasteiger charge is -2.34. The molecule has 6 heteroatoms. The fourth-order valence-electron chi connectivity index (χ4n) is 2.24. The minimum absolute atomic E-state index is 0.00334. The zero-order chi connectivity index (χ0) is 14.5. The Bertz CT molecular complexity index is 464. The van der Waals surface area contributed by atoms with Gasteiger partial charge in [-0.25, -0.2) is 4.98 Å². The molecule has 0 radical (unpaired) electrons. The highest BCUT2D eigenvalue weighted by molar-refractivity contribution is 5.82. The zero-order valence-corrected chi connectivity index (χ0v) is 12.0. The summed E-state index contributed by atoms with van der Waals surface area (Å²) in [7, 11) is 0. The first-order valence-electron chi connectivity index (χ1n) is 6.90. The second-order valence-corrected chi connectivity index (χ2v) is 5.28. The lowest BCUT2D eigenvalue weighted by molar-refractivity contribution is -0.133. The van der Waals surface area contributed by atoms with Gasteiger partial charge in [0.25, 0.3) is 0 Å². The molecule has 1 aliphatic heterocycles. The molecule has 1 saturated heterocycles. The number of hydrogen-bond acceptors (Lipinski definition) is 5. The number of pyridine rings is 1. The Balaban J connectivity index is 2.05. The summed E-state index contributed by atoms with van der Waals surface area (Å²) in [5.41, 5.74) is 6.56. The van der Waals surface area contributed by atoms with Gasteiger partial charge >= 0.3 is 0 Å². The van der Waals surface area contributed by atoms with Gasteiger partial charge < -0.3 is 15.8 Å². The number of anilines is 1. The molecule has 2 heterocycles. The SMILES string of the molecule is CC(C)NC(=O)C1COCCN1Cc1cccc(N)n1. The summed E-state index contributed by atoms with van der Waals surface area (Å²) in [5, 5.41) is 2.93. The Morgan fingerprint density at radius 2 is 2.40 bits per heavy atom. The van der Waals surface area contributed by atoms with Gasteiger partial charge in [-0.15, -0.1) is 0 Å². The van der Waals surface area contributed by atoms with Crippen molar-refractivity contribution in [2.45, 2.75) is 32.5 Å². The fraction of sp³-hybridized carbons (Fsp3) is 0.571. The van der Waals surface area contributed by atoms with Crippen molar-refractivity contribution in [3.63, 3.8) is 0 Å². The van der Waals surface area contributed by atoms with E-state index in [1.807, 2.05) is 26.0 Å². The summed E-state index contributed by atoms with van der Waals surface area (Å²) >= 11 is 0. The predicted molar refractivity (Wildman–Crippen MR) is 76.9 cm³/mol. The Kier molecular flexibility index (Phi) is 4.92. The number of nitrogens with zero attached hydrogens (tertiary/aromatic N) is 2. The van der Waals surface area contributed by atoms with Crippen molar-refractivity contribution >= 4 is 11.7 Å². The Morgan fingerprint density at radius 1 is 1.60 bits per heavy atom. The topological polar surface area (TPSA) is 80.5 Å². The van der Waals surface area contributed by atoms with Crippen molar-refractivity contribution in [3.05, 3.63) is 23.9 Å². The number of aromatic nitrogens is 1. The monoisotopic (exact) mass is 278 g/mol. The lowest BCUT2D eigenvalue weighted by Crippen LogP contribution is -2.54. The molecule has 20 heavy (non-hydrogen) atoms. The molecule has 0 spiro atoms. The Labute approximate surface area is 119 Å². The van der Waals surface area contributed by atoms with E-state index in [2.05, 4.69) is 15.2 Å². The molecule has 0 aromatic carbocycles. The largest absolute Gasteiger partial charge is 0.384 e. The number of nitrogen functional groups attached to an aromatic ring is 1. The number of amides is 1. The molecular formula is C14H22N4O2. The molecule has 1 unspecified atom stereocenters. The minimum Gasteiger partial charge on any atom is -0.384 e. The molecule has 0 aliphatic carbocycles. The molecular weight excluding hydrogens is 256 g/mol. The average molecular weight is 278 g/mol. The normalized spacial score (nSPS) is 20.1. The second kappa shape index (κ2) is 6.67. The standard InChI is InChI=1S/C14H22N4O2/c1-10(2)16-14(19)12-9-20-7-6-18(12)8-11-4-3-5-13(15)17-11/h3-5,10,12H,6-9H2,1-2H3,(H2,15,17)(H,16,19). The van der Waals surface area contributed by atoms with Crippen molar-refractivity contribution in [1.82, 2.24) is 15.2 Å². The van der Waals surface area contributed by atoms with Crippen LogP contribution >= 0.6 is 0 Å². The number of ether oxygens (including phenoxy) is 1. The first kappa shape index (κ1) is 14.7. The number of carbonyl (C=O) groups excluding carboxylic acids is 1. The molecule has 2 rings (SSSR count). The molecule has 1 fully saturated rings. The van der Waals surface area contributed by atoms with Crippen LogP contribution in [0.25, 0.3) is 0 Å². The van der Waals surface area contributed by atoms with E-state index in [9.17, 15) is 4.79 Å². The molecule has 1 atom stereocenters. The maximum Gasteiger partial charge on any atom is 0.239 e. The second-order valence-electron chi connectivity index (χ2n) is 5.28. The zero-order valence-electron chi connectivity index (χ0n) is 12.0. The van der Waals surface area contributed by atoms with Gasteiger partial charge in [0.15, 0.2) is 0 Å². The highest BCUT2D eigenvalue weighted by Gasteiger charge is 2.29. The van der Waals surface area contributed by atoms with Crippen molar-refractivity contribution in [2.75, 3.05) is 25.5 Å². The summed E-state index contributed by atoms with van der Waals surface area (Å²) in [5.74, 6) is 0.502. The summed E-state index contributed by atoms with van der Waals surface area (Å²) in [4.78, 5) is 18.6. The van der Waals surface area contributed by atoms with Gasteiger partial charge in [0.2, 0.25) is 5.91 Å². The quantitative estimate of drug-likeness (QED) is 0.833. The van der Waals surface area contributed by atoms with Crippen LogP contribution in [0.4, 0.5) is 5.82 Å². The van der Waals surface area contributed by atoms with Crippen LogP contribution in [0, 0.1) is 0 Å². The van der Waals surface area contributed by atoms with E-state index in [-0.39, 0.29) is 18.0 Å². The molecule has 3 N–H and O–H groups in total. The number of rotatable bonds is 4. The van der Waals surface area contributed by atoms with Gasteiger partial charge in [0.05, 0.1) is 18.9 Å². The minimum atomic E-state index is -0.269. The predicted octanol–water partition coefficient (Wildman–Crippen LogP) is 0.389. The van der Waals surface area contributed by atoms with Crippen LogP contribution in [0.5, 0.6) is 0 Å². The maximum atomic E-state index is 12.2. The molecule has 1 aliphatic rings. The first-order valence-corrected chi connectivity index (χ1v) is 6.90. The maximum absolute atomic E-state index is 12.2. The molecule has 6 nitrogen and oxygen atoms in total. The van der Waals surface area contributed by atoms with Gasteiger partial charge in [0, 0.05) is 19.1 Å². The molecule has 110 valence electrons. The summed E-state index contributed by atoms with van der Waals surface area (Å²) in [6, 6.07) is 5.40. The Morgan fingerprint density at radius 3 is 3.10 bits per heavy atom. The van der Waals surface area contributed by atoms with Crippen molar-refractivity contribution in [2.24, 2.45) is 0 Å². The van der Waals surface area contributed by atoms with Crippen molar-refractivity contribution < 1.29 is 9.53 Å². The number of hydrogen-bond donors (Lipinski definition) is 2. The van der Waals surface area contributed by atoms with E-state index in [4.69, 9.17) is 10.5 Å². The van der Waals surface area contributed by atoms with Crippen LogP contribution in [0.15, 0.2) is 18.2 Å². The fourth-order valence-corrected chi connectivity index (χ4v) is 2.24. The number of carbonyl (C=O) groups is 1. The van der Waals surface area contributed by atoms with Crippen LogP contribution in [-0.4, -0.2) is 47.6 Å². The van der Waals surface area contributed by atoms with E-state index in [0.717, 1.165) is 5.69 Å². The third kappa shape index (κ3) is 3.91. The smallest absolute Gasteiger partial charge is 0.239 e. The first-order chi connectivity index (χ1) is 9.56. The van der Waals surface area contributed by atoms with E-state index >= 15 is 0 Å². The van der Waals surface area contributed by atoms with Crippen molar-refractivity contribution in [1.29, 1.82) is 0 Å². The van der Waals surface area contributed by atoms with Crippen LogP contribution in [-0.2, 0) is 16.1 Å². The summed E-state index contributed by atoms with van der Waals surface area (Å²) in [6.07, 6.45) is 0. The van der Waals surface area contributed by atoms with Gasteiger partial charge in [-0.1, -0.05) is 6.07 Å². The lowest BCUT2D eigenvalue weighted by atomic mass is 10.2. The molecule has 0 saturated carbocycles. The number of nitrogens with two attached hydrogens (primary N) is 1. The summed E-state index contributed by atoms with van der Waals surface area (Å²) in [6.45, 7) is 6.27.